The van der Waals surface area contributed by atoms with Crippen LogP contribution in [0.2, 0.25) is 0 Å². The molecule has 0 bridgehead atoms. The molecule has 0 aliphatic carbocycles. The Morgan fingerprint density at radius 3 is 0.600 bits per heavy atom. The van der Waals surface area contributed by atoms with Crippen molar-refractivity contribution in [2.24, 2.45) is 0 Å². The summed E-state index contributed by atoms with van der Waals surface area (Å²) in [6.45, 7) is 0. The van der Waals surface area contributed by atoms with Crippen LogP contribution in [0.1, 0.15) is 0 Å². The SMILES string of the molecule is [K+].[K+].[Ni+2].[O-2].[O-2]. The van der Waals surface area contributed by atoms with Gasteiger partial charge in [0.15, 0.2) is 0 Å². The Morgan fingerprint density at radius 2 is 0.600 bits per heavy atom. The van der Waals surface area contributed by atoms with Gasteiger partial charge in [0.1, 0.15) is 0 Å². The van der Waals surface area contributed by atoms with Gasteiger partial charge in [0.25, 0.3) is 0 Å². The minimum absolute atomic E-state index is 0. The Balaban J connectivity index is 0. The summed E-state index contributed by atoms with van der Waals surface area (Å²) in [6, 6.07) is 0. The van der Waals surface area contributed by atoms with Gasteiger partial charge in [0, 0.05) is 0 Å². The fraction of sp³-hybridized carbons (Fsp3) is 0. The molecule has 0 fully saturated rings. The van der Waals surface area contributed by atoms with E-state index in [4.69, 9.17) is 0 Å². The van der Waals surface area contributed by atoms with Gasteiger partial charge in [-0.25, -0.2) is 0 Å². The number of hydrogen-bond acceptors (Lipinski definition) is 0. The van der Waals surface area contributed by atoms with Gasteiger partial charge in [-0.05, 0) is 0 Å². The van der Waals surface area contributed by atoms with E-state index < -0.39 is 0 Å². The number of hydrogen-bond donors (Lipinski definition) is 0. The maximum Gasteiger partial charge on any atom is 2.00 e. The molecule has 0 amide bonds. The zero-order valence-corrected chi connectivity index (χ0v) is 10.4. The van der Waals surface area contributed by atoms with Crippen LogP contribution in [0, 0.1) is 0 Å². The van der Waals surface area contributed by atoms with Crippen molar-refractivity contribution in [3.63, 3.8) is 0 Å². The van der Waals surface area contributed by atoms with E-state index in [-0.39, 0.29) is 130 Å². The third-order valence-corrected chi connectivity index (χ3v) is 0. The first kappa shape index (κ1) is 37.8. The van der Waals surface area contributed by atoms with Gasteiger partial charge in [0.05, 0.1) is 0 Å². The van der Waals surface area contributed by atoms with E-state index in [0.29, 0.717) is 0 Å². The zero-order valence-electron chi connectivity index (χ0n) is 3.13. The van der Waals surface area contributed by atoms with Gasteiger partial charge in [-0.2, -0.15) is 0 Å². The first-order chi connectivity index (χ1) is 0. The molecule has 0 aromatic carbocycles. The Bertz CT molecular complexity index is 7.61. The van der Waals surface area contributed by atoms with E-state index in [1.54, 1.807) is 0 Å². The summed E-state index contributed by atoms with van der Waals surface area (Å²) in [5, 5.41) is 0. The van der Waals surface area contributed by atoms with Crippen LogP contribution in [0.4, 0.5) is 0 Å². The molecule has 5 heavy (non-hydrogen) atoms. The molecule has 0 aliphatic rings. The molecular formula is K2NiO2. The van der Waals surface area contributed by atoms with E-state index in [0.717, 1.165) is 0 Å². The van der Waals surface area contributed by atoms with Crippen molar-refractivity contribution in [2.75, 3.05) is 0 Å². The third kappa shape index (κ3) is 18.3. The topological polar surface area (TPSA) is 57.0 Å². The van der Waals surface area contributed by atoms with Gasteiger partial charge in [-0.3, -0.25) is 0 Å². The summed E-state index contributed by atoms with van der Waals surface area (Å²) in [6.07, 6.45) is 0. The van der Waals surface area contributed by atoms with E-state index in [1.807, 2.05) is 0 Å². The normalized spacial score (nSPS) is 0. The van der Waals surface area contributed by atoms with Gasteiger partial charge < -0.3 is 11.0 Å². The van der Waals surface area contributed by atoms with Crippen LogP contribution in [-0.4, -0.2) is 0 Å². The maximum atomic E-state index is 0. The average molecular weight is 169 g/mol. The Kier molecular flexibility index (Phi) is 191. The molecule has 0 spiro atoms. The fourth-order valence-electron chi connectivity index (χ4n) is 0. The van der Waals surface area contributed by atoms with E-state index in [2.05, 4.69) is 0 Å². The molecule has 0 heterocycles. The van der Waals surface area contributed by atoms with E-state index in [1.165, 1.54) is 0 Å². The maximum absolute atomic E-state index is 0. The third-order valence-electron chi connectivity index (χ3n) is 0. The largest absolute Gasteiger partial charge is 2.00 e. The predicted octanol–water partition coefficient (Wildman–Crippen LogP) is -6.23. The van der Waals surface area contributed by atoms with Crippen molar-refractivity contribution in [1.29, 1.82) is 0 Å². The molecule has 0 saturated heterocycles. The second-order valence-corrected chi connectivity index (χ2v) is 0. The van der Waals surface area contributed by atoms with Gasteiger partial charge in [0.2, 0.25) is 0 Å². The molecule has 2 nitrogen and oxygen atoms in total. The van der Waals surface area contributed by atoms with E-state index in [9.17, 15) is 0 Å². The Hall–Kier alpha value is 3.69. The molecule has 0 N–H and O–H groups in total. The molecule has 24 valence electrons. The van der Waals surface area contributed by atoms with Crippen LogP contribution >= 0.6 is 0 Å². The monoisotopic (exact) mass is 168 g/mol. The van der Waals surface area contributed by atoms with E-state index >= 15 is 0 Å². The second-order valence-electron chi connectivity index (χ2n) is 0. The average Bonchev–Trinajstić information content (AvgIpc) is 0. The Morgan fingerprint density at radius 1 is 0.600 bits per heavy atom. The number of rotatable bonds is 0. The molecule has 0 atom stereocenters. The summed E-state index contributed by atoms with van der Waals surface area (Å²) < 4.78 is 0. The summed E-state index contributed by atoms with van der Waals surface area (Å²) in [5.41, 5.74) is 0. The molecule has 5 heteroatoms. The minimum Gasteiger partial charge on any atom is -2.00 e. The first-order valence-electron chi connectivity index (χ1n) is 0. The standard InChI is InChI=1S/2K.Ni.2O/q2*+1;+2;2*-2. The zero-order chi connectivity index (χ0) is 0. The van der Waals surface area contributed by atoms with Crippen molar-refractivity contribution < 1.29 is 130 Å². The smallest absolute Gasteiger partial charge is 2.00 e. The first-order valence-corrected chi connectivity index (χ1v) is 0. The summed E-state index contributed by atoms with van der Waals surface area (Å²) in [5.74, 6) is 0. The molecule has 0 unspecified atom stereocenters. The van der Waals surface area contributed by atoms with Crippen molar-refractivity contribution in [2.45, 2.75) is 0 Å². The fourth-order valence-corrected chi connectivity index (χ4v) is 0. The molecule has 0 saturated carbocycles. The quantitative estimate of drug-likeness (QED) is 0.324. The van der Waals surface area contributed by atoms with Crippen LogP contribution < -0.4 is 103 Å². The van der Waals surface area contributed by atoms with Crippen LogP contribution in [0.25, 0.3) is 0 Å². The Labute approximate surface area is 126 Å². The van der Waals surface area contributed by atoms with Crippen molar-refractivity contribution in [3.05, 3.63) is 0 Å². The van der Waals surface area contributed by atoms with Crippen molar-refractivity contribution >= 4 is 0 Å². The van der Waals surface area contributed by atoms with Gasteiger partial charge in [-0.15, -0.1) is 0 Å². The molecule has 0 aromatic heterocycles. The molecular weight excluding hydrogens is 169 g/mol. The summed E-state index contributed by atoms with van der Waals surface area (Å²) in [4.78, 5) is 0. The van der Waals surface area contributed by atoms with Crippen molar-refractivity contribution in [1.82, 2.24) is 0 Å². The predicted molar refractivity (Wildman–Crippen MR) is 1.37 cm³/mol. The molecule has 0 aromatic rings. The molecule has 0 aliphatic heterocycles. The molecule has 0 radical (unpaired) electrons. The minimum atomic E-state index is 0. The summed E-state index contributed by atoms with van der Waals surface area (Å²) >= 11 is 0. The molecule has 0 rings (SSSR count). The van der Waals surface area contributed by atoms with Crippen LogP contribution in [0.3, 0.4) is 0 Å². The van der Waals surface area contributed by atoms with Gasteiger partial charge in [-0.1, -0.05) is 0 Å². The van der Waals surface area contributed by atoms with Crippen molar-refractivity contribution in [3.8, 4) is 0 Å². The second kappa shape index (κ2) is 25.3. The van der Waals surface area contributed by atoms with Crippen LogP contribution in [-0.2, 0) is 27.4 Å². The van der Waals surface area contributed by atoms with Crippen LogP contribution in [0.5, 0.6) is 0 Å². The summed E-state index contributed by atoms with van der Waals surface area (Å²) in [7, 11) is 0. The van der Waals surface area contributed by atoms with Crippen LogP contribution in [0.15, 0.2) is 0 Å². The van der Waals surface area contributed by atoms with Gasteiger partial charge >= 0.3 is 119 Å².